The molecule has 1 heterocycles. The molecule has 1 saturated heterocycles. The third kappa shape index (κ3) is 4.27. The van der Waals surface area contributed by atoms with Crippen LogP contribution in [0.15, 0.2) is 0 Å². The zero-order valence-corrected chi connectivity index (χ0v) is 8.34. The standard InChI is InChI=1S/C10H19NO2/c1-2-11-10(12)4-3-9-5-7-13-8-6-9/h9H,2-8H2,1H3,(H,11,12). The van der Waals surface area contributed by atoms with Gasteiger partial charge in [-0.2, -0.15) is 0 Å². The molecular weight excluding hydrogens is 166 g/mol. The SMILES string of the molecule is CCNC(=O)CCC1CCOCC1. The zero-order valence-electron chi connectivity index (χ0n) is 8.34. The molecule has 3 nitrogen and oxygen atoms in total. The molecule has 1 N–H and O–H groups in total. The highest BCUT2D eigenvalue weighted by Crippen LogP contribution is 2.19. The van der Waals surface area contributed by atoms with E-state index in [4.69, 9.17) is 4.74 Å². The number of ether oxygens (including phenoxy) is 1. The molecule has 1 aliphatic heterocycles. The van der Waals surface area contributed by atoms with Crippen LogP contribution in [0.3, 0.4) is 0 Å². The van der Waals surface area contributed by atoms with E-state index in [0.29, 0.717) is 12.3 Å². The summed E-state index contributed by atoms with van der Waals surface area (Å²) in [5.74, 6) is 0.894. The minimum Gasteiger partial charge on any atom is -0.381 e. The van der Waals surface area contributed by atoms with Crippen molar-refractivity contribution in [1.29, 1.82) is 0 Å². The number of rotatable bonds is 4. The minimum atomic E-state index is 0.189. The van der Waals surface area contributed by atoms with Crippen molar-refractivity contribution in [2.45, 2.75) is 32.6 Å². The first-order valence-electron chi connectivity index (χ1n) is 5.17. The number of hydrogen-bond donors (Lipinski definition) is 1. The lowest BCUT2D eigenvalue weighted by Crippen LogP contribution is -2.24. The van der Waals surface area contributed by atoms with Crippen molar-refractivity contribution in [3.8, 4) is 0 Å². The van der Waals surface area contributed by atoms with Crippen LogP contribution in [0.25, 0.3) is 0 Å². The number of amides is 1. The topological polar surface area (TPSA) is 38.3 Å². The minimum absolute atomic E-state index is 0.189. The first kappa shape index (κ1) is 10.5. The summed E-state index contributed by atoms with van der Waals surface area (Å²) < 4.78 is 5.25. The van der Waals surface area contributed by atoms with Gasteiger partial charge in [0.2, 0.25) is 5.91 Å². The van der Waals surface area contributed by atoms with Crippen LogP contribution in [-0.4, -0.2) is 25.7 Å². The summed E-state index contributed by atoms with van der Waals surface area (Å²) in [6.07, 6.45) is 3.95. The smallest absolute Gasteiger partial charge is 0.219 e. The van der Waals surface area contributed by atoms with E-state index in [1.165, 1.54) is 0 Å². The Balaban J connectivity index is 2.06. The first-order valence-corrected chi connectivity index (χ1v) is 5.17. The zero-order chi connectivity index (χ0) is 9.52. The number of carbonyl (C=O) groups is 1. The van der Waals surface area contributed by atoms with Crippen LogP contribution in [0.2, 0.25) is 0 Å². The van der Waals surface area contributed by atoms with Gasteiger partial charge in [0.05, 0.1) is 0 Å². The van der Waals surface area contributed by atoms with E-state index in [2.05, 4.69) is 5.32 Å². The van der Waals surface area contributed by atoms with Crippen LogP contribution in [-0.2, 0) is 9.53 Å². The third-order valence-electron chi connectivity index (χ3n) is 2.49. The van der Waals surface area contributed by atoms with Crippen molar-refractivity contribution >= 4 is 5.91 Å². The molecule has 0 aromatic carbocycles. The van der Waals surface area contributed by atoms with E-state index in [1.807, 2.05) is 6.92 Å². The fraction of sp³-hybridized carbons (Fsp3) is 0.900. The highest BCUT2D eigenvalue weighted by atomic mass is 16.5. The number of hydrogen-bond acceptors (Lipinski definition) is 2. The van der Waals surface area contributed by atoms with Crippen molar-refractivity contribution in [3.63, 3.8) is 0 Å². The Kier molecular flexibility index (Phi) is 4.83. The fourth-order valence-electron chi connectivity index (χ4n) is 1.66. The average Bonchev–Trinajstić information content (AvgIpc) is 2.17. The van der Waals surface area contributed by atoms with Crippen LogP contribution in [0.1, 0.15) is 32.6 Å². The molecule has 0 bridgehead atoms. The second kappa shape index (κ2) is 5.97. The average molecular weight is 185 g/mol. The summed E-state index contributed by atoms with van der Waals surface area (Å²) in [7, 11) is 0. The van der Waals surface area contributed by atoms with Crippen LogP contribution >= 0.6 is 0 Å². The van der Waals surface area contributed by atoms with Crippen LogP contribution in [0.4, 0.5) is 0 Å². The fourth-order valence-corrected chi connectivity index (χ4v) is 1.66. The van der Waals surface area contributed by atoms with Crippen molar-refractivity contribution < 1.29 is 9.53 Å². The third-order valence-corrected chi connectivity index (χ3v) is 2.49. The highest BCUT2D eigenvalue weighted by Gasteiger charge is 2.14. The summed E-state index contributed by atoms with van der Waals surface area (Å²) in [6.45, 7) is 4.44. The molecular formula is C10H19NO2. The first-order chi connectivity index (χ1) is 6.33. The van der Waals surface area contributed by atoms with Crippen molar-refractivity contribution in [3.05, 3.63) is 0 Å². The highest BCUT2D eigenvalue weighted by molar-refractivity contribution is 5.75. The Morgan fingerprint density at radius 3 is 2.77 bits per heavy atom. The lowest BCUT2D eigenvalue weighted by atomic mass is 9.95. The Bertz CT molecular complexity index is 153. The molecule has 0 aromatic heterocycles. The molecule has 0 aliphatic carbocycles. The quantitative estimate of drug-likeness (QED) is 0.717. The molecule has 1 amide bonds. The Morgan fingerprint density at radius 1 is 1.46 bits per heavy atom. The predicted octanol–water partition coefficient (Wildman–Crippen LogP) is 1.33. The lowest BCUT2D eigenvalue weighted by molar-refractivity contribution is -0.121. The van der Waals surface area contributed by atoms with Gasteiger partial charge >= 0.3 is 0 Å². The van der Waals surface area contributed by atoms with Gasteiger partial charge in [0.25, 0.3) is 0 Å². The van der Waals surface area contributed by atoms with Gasteiger partial charge in [-0.3, -0.25) is 4.79 Å². The lowest BCUT2D eigenvalue weighted by Gasteiger charge is -2.21. The van der Waals surface area contributed by atoms with Crippen molar-refractivity contribution in [2.24, 2.45) is 5.92 Å². The number of carbonyl (C=O) groups excluding carboxylic acids is 1. The molecule has 13 heavy (non-hydrogen) atoms. The van der Waals surface area contributed by atoms with Gasteiger partial charge in [0.15, 0.2) is 0 Å². The second-order valence-corrected chi connectivity index (χ2v) is 3.55. The van der Waals surface area contributed by atoms with Crippen molar-refractivity contribution in [1.82, 2.24) is 5.32 Å². The second-order valence-electron chi connectivity index (χ2n) is 3.55. The van der Waals surface area contributed by atoms with Gasteiger partial charge in [0, 0.05) is 26.2 Å². The maximum atomic E-state index is 11.1. The Labute approximate surface area is 79.8 Å². The van der Waals surface area contributed by atoms with Crippen LogP contribution < -0.4 is 5.32 Å². The molecule has 0 aromatic rings. The van der Waals surface area contributed by atoms with Gasteiger partial charge in [0.1, 0.15) is 0 Å². The van der Waals surface area contributed by atoms with E-state index in [-0.39, 0.29) is 5.91 Å². The predicted molar refractivity (Wildman–Crippen MR) is 51.5 cm³/mol. The summed E-state index contributed by atoms with van der Waals surface area (Å²) >= 11 is 0. The molecule has 0 spiro atoms. The van der Waals surface area contributed by atoms with Gasteiger partial charge in [-0.15, -0.1) is 0 Å². The summed E-state index contributed by atoms with van der Waals surface area (Å²) in [4.78, 5) is 11.1. The van der Waals surface area contributed by atoms with E-state index >= 15 is 0 Å². The van der Waals surface area contributed by atoms with E-state index in [0.717, 1.165) is 39.0 Å². The van der Waals surface area contributed by atoms with Gasteiger partial charge < -0.3 is 10.1 Å². The molecule has 1 rings (SSSR count). The molecule has 3 heteroatoms. The monoisotopic (exact) mass is 185 g/mol. The molecule has 1 aliphatic rings. The molecule has 0 radical (unpaired) electrons. The Morgan fingerprint density at radius 2 is 2.15 bits per heavy atom. The van der Waals surface area contributed by atoms with Crippen LogP contribution in [0, 0.1) is 5.92 Å². The summed E-state index contributed by atoms with van der Waals surface area (Å²) in [6, 6.07) is 0. The van der Waals surface area contributed by atoms with Gasteiger partial charge in [-0.25, -0.2) is 0 Å². The van der Waals surface area contributed by atoms with Crippen LogP contribution in [0.5, 0.6) is 0 Å². The Hall–Kier alpha value is -0.570. The molecule has 0 atom stereocenters. The molecule has 0 saturated carbocycles. The number of nitrogens with one attached hydrogen (secondary N) is 1. The molecule has 1 fully saturated rings. The summed E-state index contributed by atoms with van der Waals surface area (Å²) in [5.41, 5.74) is 0. The normalized spacial score (nSPS) is 18.5. The summed E-state index contributed by atoms with van der Waals surface area (Å²) in [5, 5.41) is 2.81. The molecule has 0 unspecified atom stereocenters. The van der Waals surface area contributed by atoms with Gasteiger partial charge in [-0.1, -0.05) is 0 Å². The van der Waals surface area contributed by atoms with E-state index in [9.17, 15) is 4.79 Å². The largest absolute Gasteiger partial charge is 0.381 e. The van der Waals surface area contributed by atoms with Crippen molar-refractivity contribution in [2.75, 3.05) is 19.8 Å². The van der Waals surface area contributed by atoms with Gasteiger partial charge in [-0.05, 0) is 32.1 Å². The molecule has 76 valence electrons. The maximum Gasteiger partial charge on any atom is 0.219 e. The van der Waals surface area contributed by atoms with E-state index < -0.39 is 0 Å². The van der Waals surface area contributed by atoms with E-state index in [1.54, 1.807) is 0 Å². The maximum absolute atomic E-state index is 11.1.